The normalized spacial score (nSPS) is 32.4. The van der Waals surface area contributed by atoms with Gasteiger partial charge in [0.2, 0.25) is 0 Å². The first-order valence-corrected chi connectivity index (χ1v) is 4.15. The second kappa shape index (κ2) is 5.42. The van der Waals surface area contributed by atoms with E-state index in [2.05, 4.69) is 4.74 Å². The Bertz CT molecular complexity index is 177. The molecule has 78 valence electrons. The lowest BCUT2D eigenvalue weighted by Crippen LogP contribution is -2.21. The first-order valence-electron chi connectivity index (χ1n) is 4.15. The summed E-state index contributed by atoms with van der Waals surface area (Å²) in [4.78, 5) is 11.0. The highest BCUT2D eigenvalue weighted by molar-refractivity contribution is 5.85. The van der Waals surface area contributed by atoms with Gasteiger partial charge >= 0.3 is 5.97 Å². The molecule has 0 aromatic carbocycles. The predicted molar refractivity (Wildman–Crippen MR) is 50.5 cm³/mol. The van der Waals surface area contributed by atoms with E-state index in [-0.39, 0.29) is 30.2 Å². The standard InChI is InChI=1S/C8H15NO3.ClH/c1-12-8(11)5-2-6(4-9)7(10)3-5;/h5-7,10H,2-4,9H2,1H3;1H. The molecule has 4 nitrogen and oxygen atoms in total. The topological polar surface area (TPSA) is 72.5 Å². The van der Waals surface area contributed by atoms with Gasteiger partial charge < -0.3 is 15.6 Å². The van der Waals surface area contributed by atoms with Crippen LogP contribution in [0.3, 0.4) is 0 Å². The molecule has 0 aliphatic heterocycles. The summed E-state index contributed by atoms with van der Waals surface area (Å²) < 4.78 is 4.58. The smallest absolute Gasteiger partial charge is 0.308 e. The van der Waals surface area contributed by atoms with Crippen LogP contribution < -0.4 is 5.73 Å². The van der Waals surface area contributed by atoms with Gasteiger partial charge in [-0.1, -0.05) is 0 Å². The number of halogens is 1. The van der Waals surface area contributed by atoms with Crippen LogP contribution in [0.15, 0.2) is 0 Å². The average molecular weight is 210 g/mol. The van der Waals surface area contributed by atoms with E-state index < -0.39 is 6.10 Å². The maximum absolute atomic E-state index is 11.0. The SMILES string of the molecule is COC(=O)C1CC(O)C(CN)C1.Cl. The predicted octanol–water partition coefficient (Wildman–Crippen LogP) is -0.0730. The fourth-order valence-corrected chi connectivity index (χ4v) is 1.72. The van der Waals surface area contributed by atoms with Crippen LogP contribution in [-0.2, 0) is 9.53 Å². The Morgan fingerprint density at radius 3 is 2.62 bits per heavy atom. The molecule has 5 heteroatoms. The zero-order valence-corrected chi connectivity index (χ0v) is 8.42. The van der Waals surface area contributed by atoms with Gasteiger partial charge in [-0.05, 0) is 25.3 Å². The molecule has 3 atom stereocenters. The molecule has 0 aromatic rings. The maximum Gasteiger partial charge on any atom is 0.308 e. The number of rotatable bonds is 2. The monoisotopic (exact) mass is 209 g/mol. The van der Waals surface area contributed by atoms with E-state index in [1.54, 1.807) is 0 Å². The highest BCUT2D eigenvalue weighted by Gasteiger charge is 2.36. The van der Waals surface area contributed by atoms with Crippen LogP contribution in [0, 0.1) is 11.8 Å². The Kier molecular flexibility index (Phi) is 5.29. The largest absolute Gasteiger partial charge is 0.469 e. The Morgan fingerprint density at radius 2 is 2.23 bits per heavy atom. The van der Waals surface area contributed by atoms with Gasteiger partial charge in [-0.25, -0.2) is 0 Å². The Hall–Kier alpha value is -0.320. The summed E-state index contributed by atoms with van der Waals surface area (Å²) in [6.45, 7) is 0.439. The molecular weight excluding hydrogens is 194 g/mol. The molecule has 0 amide bonds. The van der Waals surface area contributed by atoms with Crippen LogP contribution in [0.2, 0.25) is 0 Å². The van der Waals surface area contributed by atoms with E-state index in [1.165, 1.54) is 7.11 Å². The number of nitrogens with two attached hydrogens (primary N) is 1. The van der Waals surface area contributed by atoms with Crippen molar-refractivity contribution in [1.29, 1.82) is 0 Å². The number of hydrogen-bond acceptors (Lipinski definition) is 4. The molecule has 13 heavy (non-hydrogen) atoms. The van der Waals surface area contributed by atoms with Crippen LogP contribution in [0.25, 0.3) is 0 Å². The van der Waals surface area contributed by atoms with Crippen molar-refractivity contribution in [2.45, 2.75) is 18.9 Å². The molecule has 1 saturated carbocycles. The second-order valence-electron chi connectivity index (χ2n) is 3.25. The van der Waals surface area contributed by atoms with Crippen LogP contribution in [-0.4, -0.2) is 30.8 Å². The summed E-state index contributed by atoms with van der Waals surface area (Å²) in [5.41, 5.74) is 5.42. The molecule has 0 saturated heterocycles. The van der Waals surface area contributed by atoms with Crippen molar-refractivity contribution in [1.82, 2.24) is 0 Å². The van der Waals surface area contributed by atoms with Crippen molar-refractivity contribution in [2.75, 3.05) is 13.7 Å². The molecule has 0 spiro atoms. The van der Waals surface area contributed by atoms with Crippen LogP contribution >= 0.6 is 12.4 Å². The third-order valence-electron chi connectivity index (χ3n) is 2.49. The fraction of sp³-hybridized carbons (Fsp3) is 0.875. The van der Waals surface area contributed by atoms with Crippen LogP contribution in [0.1, 0.15) is 12.8 Å². The lowest BCUT2D eigenvalue weighted by atomic mass is 10.1. The molecule has 3 N–H and O–H groups in total. The number of esters is 1. The fourth-order valence-electron chi connectivity index (χ4n) is 1.72. The Balaban J connectivity index is 0.00000144. The average Bonchev–Trinajstić information content (AvgIpc) is 2.45. The summed E-state index contributed by atoms with van der Waals surface area (Å²) >= 11 is 0. The van der Waals surface area contributed by atoms with Gasteiger partial charge in [0.15, 0.2) is 0 Å². The van der Waals surface area contributed by atoms with Gasteiger partial charge in [-0.15, -0.1) is 12.4 Å². The molecule has 0 radical (unpaired) electrons. The van der Waals surface area contributed by atoms with Crippen molar-refractivity contribution in [3.63, 3.8) is 0 Å². The highest BCUT2D eigenvalue weighted by atomic mass is 35.5. The van der Waals surface area contributed by atoms with Crippen molar-refractivity contribution in [3.05, 3.63) is 0 Å². The van der Waals surface area contributed by atoms with Gasteiger partial charge in [-0.2, -0.15) is 0 Å². The highest BCUT2D eigenvalue weighted by Crippen LogP contribution is 2.31. The molecular formula is C8H16ClNO3. The van der Waals surface area contributed by atoms with Crippen LogP contribution in [0.5, 0.6) is 0 Å². The lowest BCUT2D eigenvalue weighted by molar-refractivity contribution is -0.145. The Labute approximate surface area is 83.9 Å². The van der Waals surface area contributed by atoms with Gasteiger partial charge in [-0.3, -0.25) is 4.79 Å². The number of ether oxygens (including phenoxy) is 1. The van der Waals surface area contributed by atoms with E-state index in [1.807, 2.05) is 0 Å². The summed E-state index contributed by atoms with van der Waals surface area (Å²) in [6.07, 6.45) is 0.720. The minimum Gasteiger partial charge on any atom is -0.469 e. The molecule has 0 heterocycles. The first-order chi connectivity index (χ1) is 5.69. The number of aliphatic hydroxyl groups is 1. The van der Waals surface area contributed by atoms with Crippen LogP contribution in [0.4, 0.5) is 0 Å². The van der Waals surface area contributed by atoms with Crippen molar-refractivity contribution >= 4 is 18.4 Å². The molecule has 0 bridgehead atoms. The Morgan fingerprint density at radius 1 is 1.62 bits per heavy atom. The van der Waals surface area contributed by atoms with Gasteiger partial charge in [0.25, 0.3) is 0 Å². The second-order valence-corrected chi connectivity index (χ2v) is 3.25. The summed E-state index contributed by atoms with van der Waals surface area (Å²) in [5, 5.41) is 9.42. The minimum absolute atomic E-state index is 0. The van der Waals surface area contributed by atoms with Gasteiger partial charge in [0.05, 0.1) is 19.1 Å². The van der Waals surface area contributed by atoms with Gasteiger partial charge in [0, 0.05) is 0 Å². The summed E-state index contributed by atoms with van der Waals surface area (Å²) in [6, 6.07) is 0. The summed E-state index contributed by atoms with van der Waals surface area (Å²) in [5.74, 6) is -0.322. The zero-order valence-electron chi connectivity index (χ0n) is 7.60. The molecule has 1 aliphatic rings. The number of hydrogen-bond donors (Lipinski definition) is 2. The number of carbonyl (C=O) groups is 1. The van der Waals surface area contributed by atoms with E-state index >= 15 is 0 Å². The quantitative estimate of drug-likeness (QED) is 0.625. The maximum atomic E-state index is 11.0. The molecule has 3 unspecified atom stereocenters. The minimum atomic E-state index is -0.431. The van der Waals surface area contributed by atoms with Crippen molar-refractivity contribution in [2.24, 2.45) is 17.6 Å². The number of aliphatic hydroxyl groups excluding tert-OH is 1. The van der Waals surface area contributed by atoms with E-state index in [9.17, 15) is 9.90 Å². The van der Waals surface area contributed by atoms with E-state index in [4.69, 9.17) is 5.73 Å². The molecule has 1 fully saturated rings. The van der Waals surface area contributed by atoms with E-state index in [0.717, 1.165) is 0 Å². The van der Waals surface area contributed by atoms with E-state index in [0.29, 0.717) is 19.4 Å². The number of methoxy groups -OCH3 is 1. The van der Waals surface area contributed by atoms with Crippen molar-refractivity contribution in [3.8, 4) is 0 Å². The third kappa shape index (κ3) is 2.83. The zero-order chi connectivity index (χ0) is 9.14. The molecule has 1 rings (SSSR count). The van der Waals surface area contributed by atoms with Crippen molar-refractivity contribution < 1.29 is 14.6 Å². The third-order valence-corrected chi connectivity index (χ3v) is 2.49. The number of carbonyl (C=O) groups excluding carboxylic acids is 1. The summed E-state index contributed by atoms with van der Waals surface area (Å²) in [7, 11) is 1.37. The molecule has 0 aromatic heterocycles. The lowest BCUT2D eigenvalue weighted by Gasteiger charge is -2.09. The van der Waals surface area contributed by atoms with Gasteiger partial charge in [0.1, 0.15) is 0 Å². The molecule has 1 aliphatic carbocycles. The first kappa shape index (κ1) is 12.7.